The molecule has 3 aromatic heterocycles. The van der Waals surface area contributed by atoms with Crippen LogP contribution < -0.4 is 5.43 Å². The van der Waals surface area contributed by atoms with Crippen LogP contribution in [-0.4, -0.2) is 15.6 Å². The smallest absolute Gasteiger partial charge is 0.341 e. The molecule has 0 spiro atoms. The fraction of sp³-hybridized carbons (Fsp3) is 0.217. The highest BCUT2D eigenvalue weighted by molar-refractivity contribution is 5.95. The molecule has 4 heterocycles. The Morgan fingerprint density at radius 3 is 2.72 bits per heavy atom. The maximum atomic E-state index is 13.2. The summed E-state index contributed by atoms with van der Waals surface area (Å²) in [6, 6.07) is 9.46. The molecular formula is C23H19NO5. The molecule has 1 N–H and O–H groups in total. The zero-order valence-electron chi connectivity index (χ0n) is 16.0. The molecule has 5 rings (SSSR count). The van der Waals surface area contributed by atoms with E-state index in [-0.39, 0.29) is 17.5 Å². The summed E-state index contributed by atoms with van der Waals surface area (Å²) in [5.74, 6) is -0.404. The summed E-state index contributed by atoms with van der Waals surface area (Å²) in [5, 5.41) is 10.7. The number of para-hydroxylation sites is 1. The third kappa shape index (κ3) is 2.49. The van der Waals surface area contributed by atoms with E-state index in [4.69, 9.17) is 8.83 Å². The molecule has 6 nitrogen and oxygen atoms in total. The number of nitrogens with zero attached hydrogens (tertiary/aromatic N) is 1. The van der Waals surface area contributed by atoms with E-state index in [2.05, 4.69) is 13.8 Å². The van der Waals surface area contributed by atoms with E-state index < -0.39 is 11.4 Å². The predicted octanol–water partition coefficient (Wildman–Crippen LogP) is 4.97. The summed E-state index contributed by atoms with van der Waals surface area (Å²) < 4.78 is 13.3. The standard InChI is InChI=1S/C23H19NO5/c1-12(2)17-9-15-14-5-3-4-6-18(14)29-22(15)20-19(13-7-8-28-11-13)21(25)16(23(26)27)10-24(17)20/h3-8,10-12,17H,9H2,1-2H3,(H,26,27). The van der Waals surface area contributed by atoms with Gasteiger partial charge in [0.15, 0.2) is 5.76 Å². The number of carboxylic acids is 1. The van der Waals surface area contributed by atoms with E-state index in [9.17, 15) is 14.7 Å². The largest absolute Gasteiger partial charge is 0.477 e. The highest BCUT2D eigenvalue weighted by Crippen LogP contribution is 2.45. The Balaban J connectivity index is 1.96. The summed E-state index contributed by atoms with van der Waals surface area (Å²) >= 11 is 0. The summed E-state index contributed by atoms with van der Waals surface area (Å²) in [6.45, 7) is 4.19. The number of aromatic carboxylic acids is 1. The van der Waals surface area contributed by atoms with Crippen LogP contribution in [0.1, 0.15) is 35.8 Å². The zero-order chi connectivity index (χ0) is 20.3. The lowest BCUT2D eigenvalue weighted by molar-refractivity contribution is 0.0694. The highest BCUT2D eigenvalue weighted by atomic mass is 16.4. The van der Waals surface area contributed by atoms with E-state index in [1.54, 1.807) is 6.07 Å². The van der Waals surface area contributed by atoms with Crippen molar-refractivity contribution >= 4 is 16.9 Å². The molecule has 0 bridgehead atoms. The number of hydrogen-bond acceptors (Lipinski definition) is 4. The van der Waals surface area contributed by atoms with Gasteiger partial charge in [0.2, 0.25) is 5.43 Å². The number of carboxylic acid groups (broad SMARTS) is 1. The van der Waals surface area contributed by atoms with Crippen LogP contribution in [0.15, 0.2) is 62.7 Å². The third-order valence-corrected chi connectivity index (χ3v) is 5.73. The van der Waals surface area contributed by atoms with Crippen molar-refractivity contribution in [2.24, 2.45) is 5.92 Å². The summed E-state index contributed by atoms with van der Waals surface area (Å²) in [6.07, 6.45) is 5.10. The minimum Gasteiger partial charge on any atom is -0.477 e. The first-order valence-corrected chi connectivity index (χ1v) is 9.53. The van der Waals surface area contributed by atoms with Crippen LogP contribution in [0.25, 0.3) is 33.6 Å². The zero-order valence-corrected chi connectivity index (χ0v) is 16.0. The lowest BCUT2D eigenvalue weighted by Crippen LogP contribution is -2.29. The molecule has 1 aliphatic heterocycles. The minimum atomic E-state index is -1.24. The van der Waals surface area contributed by atoms with Crippen LogP contribution in [0.3, 0.4) is 0 Å². The maximum absolute atomic E-state index is 13.2. The van der Waals surface area contributed by atoms with Crippen molar-refractivity contribution in [3.63, 3.8) is 0 Å². The van der Waals surface area contributed by atoms with Crippen molar-refractivity contribution < 1.29 is 18.7 Å². The van der Waals surface area contributed by atoms with Crippen LogP contribution in [0.2, 0.25) is 0 Å². The molecule has 1 aliphatic rings. The van der Waals surface area contributed by atoms with Crippen molar-refractivity contribution in [3.8, 4) is 22.6 Å². The lowest BCUT2D eigenvalue weighted by Gasteiger charge is -2.32. The fourth-order valence-corrected chi connectivity index (χ4v) is 4.31. The van der Waals surface area contributed by atoms with Crippen molar-refractivity contribution in [1.82, 2.24) is 4.57 Å². The Bertz CT molecular complexity index is 1310. The molecule has 1 unspecified atom stereocenters. The van der Waals surface area contributed by atoms with Crippen molar-refractivity contribution in [2.75, 3.05) is 0 Å². The topological polar surface area (TPSA) is 85.6 Å². The van der Waals surface area contributed by atoms with Gasteiger partial charge < -0.3 is 18.5 Å². The Labute approximate surface area is 166 Å². The van der Waals surface area contributed by atoms with Gasteiger partial charge in [-0.3, -0.25) is 4.79 Å². The number of carbonyl (C=O) groups is 1. The molecular weight excluding hydrogens is 370 g/mol. The number of benzene rings is 1. The highest BCUT2D eigenvalue weighted by Gasteiger charge is 2.35. The summed E-state index contributed by atoms with van der Waals surface area (Å²) in [5.41, 5.74) is 2.45. The average Bonchev–Trinajstić information content (AvgIpc) is 3.34. The van der Waals surface area contributed by atoms with Gasteiger partial charge in [-0.25, -0.2) is 4.79 Å². The third-order valence-electron chi connectivity index (χ3n) is 5.73. The lowest BCUT2D eigenvalue weighted by atomic mass is 9.87. The molecule has 29 heavy (non-hydrogen) atoms. The second kappa shape index (κ2) is 6.24. The van der Waals surface area contributed by atoms with Gasteiger partial charge in [0.25, 0.3) is 0 Å². The van der Waals surface area contributed by atoms with E-state index in [1.165, 1.54) is 18.7 Å². The maximum Gasteiger partial charge on any atom is 0.341 e. The van der Waals surface area contributed by atoms with Crippen molar-refractivity contribution in [1.29, 1.82) is 0 Å². The van der Waals surface area contributed by atoms with Gasteiger partial charge in [0, 0.05) is 28.8 Å². The van der Waals surface area contributed by atoms with Gasteiger partial charge in [0.1, 0.15) is 11.1 Å². The molecule has 4 aromatic rings. The van der Waals surface area contributed by atoms with Gasteiger partial charge in [-0.2, -0.15) is 0 Å². The molecule has 0 aliphatic carbocycles. The molecule has 146 valence electrons. The first-order valence-electron chi connectivity index (χ1n) is 9.53. The molecule has 1 aromatic carbocycles. The first-order chi connectivity index (χ1) is 14.0. The van der Waals surface area contributed by atoms with Crippen LogP contribution in [0.5, 0.6) is 0 Å². The average molecular weight is 389 g/mol. The Morgan fingerprint density at radius 2 is 2.03 bits per heavy atom. The van der Waals surface area contributed by atoms with Gasteiger partial charge >= 0.3 is 5.97 Å². The quantitative estimate of drug-likeness (QED) is 0.534. The predicted molar refractivity (Wildman–Crippen MR) is 108 cm³/mol. The van der Waals surface area contributed by atoms with E-state index in [0.29, 0.717) is 29.0 Å². The van der Waals surface area contributed by atoms with Crippen molar-refractivity contribution in [3.05, 3.63) is 70.4 Å². The second-order valence-corrected chi connectivity index (χ2v) is 7.74. The summed E-state index contributed by atoms with van der Waals surface area (Å²) in [4.78, 5) is 25.0. The molecule has 6 heteroatoms. The van der Waals surface area contributed by atoms with Crippen LogP contribution in [-0.2, 0) is 6.42 Å². The molecule has 1 atom stereocenters. The number of furan rings is 2. The number of hydrogen-bond donors (Lipinski definition) is 1. The Morgan fingerprint density at radius 1 is 1.24 bits per heavy atom. The Kier molecular flexibility index (Phi) is 3.77. The van der Waals surface area contributed by atoms with E-state index >= 15 is 0 Å². The van der Waals surface area contributed by atoms with Gasteiger partial charge in [-0.05, 0) is 24.5 Å². The van der Waals surface area contributed by atoms with Gasteiger partial charge in [-0.1, -0.05) is 32.0 Å². The number of rotatable bonds is 3. The normalized spacial score (nSPS) is 15.5. The molecule has 0 fully saturated rings. The molecule has 0 saturated carbocycles. The van der Waals surface area contributed by atoms with Gasteiger partial charge in [-0.15, -0.1) is 0 Å². The second-order valence-electron chi connectivity index (χ2n) is 7.74. The molecule has 0 amide bonds. The summed E-state index contributed by atoms with van der Waals surface area (Å²) in [7, 11) is 0. The van der Waals surface area contributed by atoms with Crippen LogP contribution >= 0.6 is 0 Å². The van der Waals surface area contributed by atoms with E-state index in [1.807, 2.05) is 28.8 Å². The number of fused-ring (bicyclic) bond motifs is 5. The first kappa shape index (κ1) is 17.6. The molecule has 0 radical (unpaired) electrons. The van der Waals surface area contributed by atoms with Crippen LogP contribution in [0.4, 0.5) is 0 Å². The van der Waals surface area contributed by atoms with Gasteiger partial charge in [0.05, 0.1) is 23.8 Å². The van der Waals surface area contributed by atoms with E-state index in [0.717, 1.165) is 16.5 Å². The fourth-order valence-electron chi connectivity index (χ4n) is 4.31. The Hall–Kier alpha value is -3.54. The monoisotopic (exact) mass is 389 g/mol. The number of aromatic nitrogens is 1. The molecule has 0 saturated heterocycles. The van der Waals surface area contributed by atoms with Crippen molar-refractivity contribution in [2.45, 2.75) is 26.3 Å². The SMILES string of the molecule is CC(C)C1Cc2c(oc3ccccc23)-c2c(-c3ccoc3)c(=O)c(C(=O)O)cn21. The minimum absolute atomic E-state index is 0.0112. The number of pyridine rings is 1. The van der Waals surface area contributed by atoms with Crippen LogP contribution in [0, 0.1) is 5.92 Å².